The molecule has 0 heterocycles. The highest BCUT2D eigenvalue weighted by atomic mass is 79.9. The maximum absolute atomic E-state index is 13.4. The van der Waals surface area contributed by atoms with Gasteiger partial charge in [0.1, 0.15) is 12.6 Å². The van der Waals surface area contributed by atoms with Gasteiger partial charge in [0.05, 0.1) is 17.0 Å². The summed E-state index contributed by atoms with van der Waals surface area (Å²) in [5, 5.41) is 3.10. The third-order valence-corrected chi connectivity index (χ3v) is 7.21. The number of halogens is 2. The second-order valence-electron chi connectivity index (χ2n) is 7.86. The quantitative estimate of drug-likeness (QED) is 0.474. The highest BCUT2D eigenvalue weighted by Crippen LogP contribution is 2.27. The fourth-order valence-corrected chi connectivity index (χ4v) is 4.50. The standard InChI is InChI=1S/C23H29BrClN3O4S/c1-5-16(2)26-23(30)17(3)27(14-18-10-12-19(24)13-11-18)22(29)15-28(33(4,31)32)21-9-7-6-8-20(21)25/h6-13,16-17H,5,14-15H2,1-4H3,(H,26,30)/t16-,17+/m1/s1. The summed E-state index contributed by atoms with van der Waals surface area (Å²) >= 11 is 9.60. The number of nitrogens with zero attached hydrogens (tertiary/aromatic N) is 2. The molecule has 0 aromatic heterocycles. The van der Waals surface area contributed by atoms with Crippen molar-refractivity contribution in [1.29, 1.82) is 0 Å². The molecule has 2 atom stereocenters. The van der Waals surface area contributed by atoms with E-state index in [1.807, 2.05) is 38.1 Å². The van der Waals surface area contributed by atoms with E-state index in [1.165, 1.54) is 11.0 Å². The Morgan fingerprint density at radius 1 is 1.09 bits per heavy atom. The van der Waals surface area contributed by atoms with E-state index in [4.69, 9.17) is 11.6 Å². The van der Waals surface area contributed by atoms with E-state index in [2.05, 4.69) is 21.2 Å². The van der Waals surface area contributed by atoms with Crippen molar-refractivity contribution in [2.45, 2.75) is 45.8 Å². The van der Waals surface area contributed by atoms with Gasteiger partial charge in [0.15, 0.2) is 0 Å². The van der Waals surface area contributed by atoms with Gasteiger partial charge < -0.3 is 10.2 Å². The molecule has 0 radical (unpaired) electrons. The number of sulfonamides is 1. The fraction of sp³-hybridized carbons (Fsp3) is 0.391. The van der Waals surface area contributed by atoms with Crippen molar-refractivity contribution in [1.82, 2.24) is 10.2 Å². The van der Waals surface area contributed by atoms with Gasteiger partial charge >= 0.3 is 0 Å². The lowest BCUT2D eigenvalue weighted by atomic mass is 10.1. The van der Waals surface area contributed by atoms with Crippen molar-refractivity contribution in [2.75, 3.05) is 17.1 Å². The molecule has 33 heavy (non-hydrogen) atoms. The molecule has 0 unspecified atom stereocenters. The summed E-state index contributed by atoms with van der Waals surface area (Å²) in [6.07, 6.45) is 1.76. The maximum Gasteiger partial charge on any atom is 0.244 e. The van der Waals surface area contributed by atoms with Crippen LogP contribution in [0.15, 0.2) is 53.0 Å². The van der Waals surface area contributed by atoms with Crippen molar-refractivity contribution in [3.05, 3.63) is 63.6 Å². The van der Waals surface area contributed by atoms with E-state index < -0.39 is 28.5 Å². The molecule has 2 aromatic carbocycles. The minimum atomic E-state index is -3.82. The number of carbonyl (C=O) groups excluding carboxylic acids is 2. The molecule has 0 saturated heterocycles. The number of anilines is 1. The fourth-order valence-electron chi connectivity index (χ4n) is 3.08. The van der Waals surface area contributed by atoms with E-state index in [1.54, 1.807) is 25.1 Å². The van der Waals surface area contributed by atoms with Crippen molar-refractivity contribution >= 4 is 55.1 Å². The molecule has 0 bridgehead atoms. The summed E-state index contributed by atoms with van der Waals surface area (Å²) in [5.41, 5.74) is 1.01. The summed E-state index contributed by atoms with van der Waals surface area (Å²) in [7, 11) is -3.82. The van der Waals surface area contributed by atoms with Gasteiger partial charge in [-0.3, -0.25) is 13.9 Å². The molecule has 2 amide bonds. The molecule has 0 fully saturated rings. The van der Waals surface area contributed by atoms with E-state index >= 15 is 0 Å². The Morgan fingerprint density at radius 3 is 2.24 bits per heavy atom. The number of rotatable bonds is 10. The third-order valence-electron chi connectivity index (χ3n) is 5.23. The SMILES string of the molecule is CC[C@@H](C)NC(=O)[C@H](C)N(Cc1ccc(Br)cc1)C(=O)CN(c1ccccc1Cl)S(C)(=O)=O. The van der Waals surface area contributed by atoms with Gasteiger partial charge in [-0.15, -0.1) is 0 Å². The van der Waals surface area contributed by atoms with Crippen LogP contribution in [0.5, 0.6) is 0 Å². The minimum Gasteiger partial charge on any atom is -0.352 e. The molecule has 0 aliphatic rings. The Bertz CT molecular complexity index is 1080. The van der Waals surface area contributed by atoms with Gasteiger partial charge in [0.25, 0.3) is 0 Å². The van der Waals surface area contributed by atoms with Crippen LogP contribution in [0, 0.1) is 0 Å². The van der Waals surface area contributed by atoms with Crippen molar-refractivity contribution in [2.24, 2.45) is 0 Å². The second-order valence-corrected chi connectivity index (χ2v) is 11.1. The zero-order valence-electron chi connectivity index (χ0n) is 19.1. The molecule has 2 rings (SSSR count). The third kappa shape index (κ3) is 7.72. The Labute approximate surface area is 209 Å². The molecule has 0 spiro atoms. The van der Waals surface area contributed by atoms with Gasteiger partial charge in [0.2, 0.25) is 21.8 Å². The van der Waals surface area contributed by atoms with Crippen molar-refractivity contribution in [3.8, 4) is 0 Å². The van der Waals surface area contributed by atoms with Crippen molar-refractivity contribution < 1.29 is 18.0 Å². The number of hydrogen-bond donors (Lipinski definition) is 1. The lowest BCUT2D eigenvalue weighted by molar-refractivity contribution is -0.139. The van der Waals surface area contributed by atoms with Crippen LogP contribution in [0.4, 0.5) is 5.69 Å². The van der Waals surface area contributed by atoms with E-state index in [9.17, 15) is 18.0 Å². The summed E-state index contributed by atoms with van der Waals surface area (Å²) in [4.78, 5) is 27.7. The Kier molecular flexibility index (Phi) is 9.75. The van der Waals surface area contributed by atoms with E-state index in [0.29, 0.717) is 0 Å². The molecule has 0 saturated carbocycles. The summed E-state index contributed by atoms with van der Waals surface area (Å²) in [6.45, 7) is 5.12. The first-order valence-electron chi connectivity index (χ1n) is 10.5. The number of hydrogen-bond acceptors (Lipinski definition) is 4. The zero-order chi connectivity index (χ0) is 24.8. The molecular weight excluding hydrogens is 530 g/mol. The molecule has 0 aliphatic carbocycles. The average Bonchev–Trinajstić information content (AvgIpc) is 2.76. The first-order valence-corrected chi connectivity index (χ1v) is 13.5. The van der Waals surface area contributed by atoms with Gasteiger partial charge in [-0.25, -0.2) is 8.42 Å². The lowest BCUT2D eigenvalue weighted by Crippen LogP contribution is -2.52. The van der Waals surface area contributed by atoms with Crippen LogP contribution in [0.25, 0.3) is 0 Å². The van der Waals surface area contributed by atoms with Gasteiger partial charge in [-0.05, 0) is 50.1 Å². The summed E-state index contributed by atoms with van der Waals surface area (Å²) in [5.74, 6) is -0.825. The van der Waals surface area contributed by atoms with Crippen LogP contribution < -0.4 is 9.62 Å². The van der Waals surface area contributed by atoms with Crippen LogP contribution in [-0.4, -0.2) is 50.0 Å². The largest absolute Gasteiger partial charge is 0.352 e. The van der Waals surface area contributed by atoms with Crippen LogP contribution in [0.3, 0.4) is 0 Å². The van der Waals surface area contributed by atoms with Crippen LogP contribution in [0.2, 0.25) is 5.02 Å². The van der Waals surface area contributed by atoms with Gasteiger partial charge in [-0.2, -0.15) is 0 Å². The molecule has 2 aromatic rings. The Morgan fingerprint density at radius 2 is 1.70 bits per heavy atom. The summed E-state index contributed by atoms with van der Waals surface area (Å²) in [6, 6.07) is 12.9. The first kappa shape index (κ1) is 27.1. The Hall–Kier alpha value is -2.10. The molecule has 7 nitrogen and oxygen atoms in total. The monoisotopic (exact) mass is 557 g/mol. The minimum absolute atomic E-state index is 0.0553. The lowest BCUT2D eigenvalue weighted by Gasteiger charge is -2.32. The van der Waals surface area contributed by atoms with Crippen LogP contribution in [-0.2, 0) is 26.2 Å². The highest BCUT2D eigenvalue weighted by Gasteiger charge is 2.31. The number of carbonyl (C=O) groups is 2. The molecule has 0 aliphatic heterocycles. The average molecular weight is 559 g/mol. The topological polar surface area (TPSA) is 86.8 Å². The predicted molar refractivity (Wildman–Crippen MR) is 136 cm³/mol. The van der Waals surface area contributed by atoms with Gasteiger partial charge in [-0.1, -0.05) is 58.7 Å². The maximum atomic E-state index is 13.4. The second kappa shape index (κ2) is 11.9. The normalized spacial score (nSPS) is 13.2. The van der Waals surface area contributed by atoms with Crippen LogP contribution in [0.1, 0.15) is 32.8 Å². The molecular formula is C23H29BrClN3O4S. The van der Waals surface area contributed by atoms with Crippen LogP contribution >= 0.6 is 27.5 Å². The zero-order valence-corrected chi connectivity index (χ0v) is 22.2. The Balaban J connectivity index is 2.39. The predicted octanol–water partition coefficient (Wildman–Crippen LogP) is 4.20. The number of nitrogens with one attached hydrogen (secondary N) is 1. The van der Waals surface area contributed by atoms with E-state index in [-0.39, 0.29) is 29.2 Å². The molecule has 1 N–H and O–H groups in total. The highest BCUT2D eigenvalue weighted by molar-refractivity contribution is 9.10. The summed E-state index contributed by atoms with van der Waals surface area (Å²) < 4.78 is 26.9. The van der Waals surface area contributed by atoms with E-state index in [0.717, 1.165) is 27.0 Å². The number of amides is 2. The molecule has 180 valence electrons. The number of benzene rings is 2. The molecule has 10 heteroatoms. The van der Waals surface area contributed by atoms with Crippen molar-refractivity contribution in [3.63, 3.8) is 0 Å². The van der Waals surface area contributed by atoms with Gasteiger partial charge in [0, 0.05) is 17.1 Å². The number of para-hydroxylation sites is 1. The smallest absolute Gasteiger partial charge is 0.244 e. The first-order chi connectivity index (χ1) is 15.4.